The molecule has 2 aliphatic heterocycles. The highest BCUT2D eigenvalue weighted by Crippen LogP contribution is 2.09. The third-order valence-electron chi connectivity index (χ3n) is 2.59. The molecular weight excluding hydrogens is 162 g/mol. The fourth-order valence-corrected chi connectivity index (χ4v) is 1.88. The monoisotopic (exact) mass is 179 g/mol. The van der Waals surface area contributed by atoms with Crippen molar-refractivity contribution in [3.05, 3.63) is 12.3 Å². The molecule has 72 valence electrons. The fraction of sp³-hybridized carbons (Fsp3) is 0.700. The first-order valence-electron chi connectivity index (χ1n) is 5.10. The van der Waals surface area contributed by atoms with Crippen LogP contribution in [0.1, 0.15) is 19.3 Å². The molecule has 0 radical (unpaired) electrons. The second-order valence-corrected chi connectivity index (χ2v) is 3.74. The van der Waals surface area contributed by atoms with Gasteiger partial charge in [0.1, 0.15) is 0 Å². The molecule has 0 unspecified atom stereocenters. The van der Waals surface area contributed by atoms with Crippen LogP contribution in [0.5, 0.6) is 0 Å². The molecule has 0 amide bonds. The molecular formula is C10H17N3. The Hall–Kier alpha value is -0.830. The van der Waals surface area contributed by atoms with Gasteiger partial charge in [0.25, 0.3) is 0 Å². The lowest BCUT2D eigenvalue weighted by atomic mass is 10.1. The van der Waals surface area contributed by atoms with Gasteiger partial charge in [0.15, 0.2) is 0 Å². The average molecular weight is 179 g/mol. The van der Waals surface area contributed by atoms with Crippen LogP contribution in [0, 0.1) is 0 Å². The number of hydrogen-bond acceptors (Lipinski definition) is 3. The van der Waals surface area contributed by atoms with Crippen molar-refractivity contribution in [2.75, 3.05) is 26.3 Å². The van der Waals surface area contributed by atoms with Gasteiger partial charge >= 0.3 is 0 Å². The summed E-state index contributed by atoms with van der Waals surface area (Å²) in [4.78, 5) is 8.88. The highest BCUT2D eigenvalue weighted by molar-refractivity contribution is 5.57. The van der Waals surface area contributed by atoms with Crippen LogP contribution in [-0.4, -0.2) is 42.4 Å². The van der Waals surface area contributed by atoms with Crippen LogP contribution in [0.25, 0.3) is 0 Å². The van der Waals surface area contributed by atoms with Crippen LogP contribution in [-0.2, 0) is 0 Å². The zero-order valence-electron chi connectivity index (χ0n) is 8.02. The van der Waals surface area contributed by atoms with Crippen LogP contribution in [0.3, 0.4) is 0 Å². The van der Waals surface area contributed by atoms with Gasteiger partial charge in [0.2, 0.25) is 0 Å². The van der Waals surface area contributed by atoms with Crippen molar-refractivity contribution >= 4 is 6.34 Å². The molecule has 3 heteroatoms. The quantitative estimate of drug-likeness (QED) is 0.636. The van der Waals surface area contributed by atoms with Crippen LogP contribution in [0.15, 0.2) is 17.3 Å². The van der Waals surface area contributed by atoms with E-state index in [9.17, 15) is 0 Å². The number of piperidine rings is 1. The van der Waals surface area contributed by atoms with Crippen LogP contribution in [0.4, 0.5) is 0 Å². The minimum Gasteiger partial charge on any atom is -0.346 e. The normalized spacial score (nSPS) is 23.8. The van der Waals surface area contributed by atoms with E-state index in [1.165, 1.54) is 32.4 Å². The van der Waals surface area contributed by atoms with Gasteiger partial charge < -0.3 is 4.90 Å². The molecule has 13 heavy (non-hydrogen) atoms. The third-order valence-corrected chi connectivity index (χ3v) is 2.59. The minimum atomic E-state index is 1.01. The summed E-state index contributed by atoms with van der Waals surface area (Å²) in [6.45, 7) is 4.58. The zero-order chi connectivity index (χ0) is 8.93. The Bertz CT molecular complexity index is 204. The van der Waals surface area contributed by atoms with Gasteiger partial charge in [0, 0.05) is 12.7 Å². The summed E-state index contributed by atoms with van der Waals surface area (Å²) < 4.78 is 0. The van der Waals surface area contributed by atoms with Crippen LogP contribution in [0.2, 0.25) is 0 Å². The smallest absolute Gasteiger partial charge is 0.0918 e. The number of likely N-dealkylation sites (tertiary alicyclic amines) is 1. The second kappa shape index (κ2) is 4.42. The van der Waals surface area contributed by atoms with Crippen molar-refractivity contribution in [3.8, 4) is 0 Å². The van der Waals surface area contributed by atoms with Gasteiger partial charge in [-0.2, -0.15) is 0 Å². The van der Waals surface area contributed by atoms with Crippen LogP contribution >= 0.6 is 0 Å². The Balaban J connectivity index is 1.76. The van der Waals surface area contributed by atoms with E-state index in [1.807, 2.05) is 12.5 Å². The Morgan fingerprint density at radius 1 is 1.15 bits per heavy atom. The lowest BCUT2D eigenvalue weighted by molar-refractivity contribution is 0.167. The maximum Gasteiger partial charge on any atom is 0.0918 e. The summed E-state index contributed by atoms with van der Waals surface area (Å²) in [6.07, 6.45) is 10.0. The first kappa shape index (κ1) is 8.75. The summed E-state index contributed by atoms with van der Waals surface area (Å²) >= 11 is 0. The Labute approximate surface area is 79.7 Å². The lowest BCUT2D eigenvalue weighted by Gasteiger charge is -2.31. The van der Waals surface area contributed by atoms with Crippen molar-refractivity contribution in [2.24, 2.45) is 4.99 Å². The van der Waals surface area contributed by atoms with Crippen molar-refractivity contribution in [1.29, 1.82) is 0 Å². The van der Waals surface area contributed by atoms with E-state index in [4.69, 9.17) is 0 Å². The maximum atomic E-state index is 4.12. The fourth-order valence-electron chi connectivity index (χ4n) is 1.88. The number of aliphatic imine (C=N–C) groups is 1. The molecule has 1 saturated heterocycles. The molecule has 0 aliphatic carbocycles. The van der Waals surface area contributed by atoms with Crippen molar-refractivity contribution in [3.63, 3.8) is 0 Å². The van der Waals surface area contributed by atoms with E-state index < -0.39 is 0 Å². The average Bonchev–Trinajstić information content (AvgIpc) is 2.21. The second-order valence-electron chi connectivity index (χ2n) is 3.74. The topological polar surface area (TPSA) is 18.8 Å². The molecule has 0 spiro atoms. The van der Waals surface area contributed by atoms with Gasteiger partial charge in [-0.1, -0.05) is 6.42 Å². The molecule has 0 atom stereocenters. The molecule has 0 N–H and O–H groups in total. The third kappa shape index (κ3) is 2.56. The van der Waals surface area contributed by atoms with Gasteiger partial charge in [-0.3, -0.25) is 4.90 Å². The SMILES string of the molecule is C1=CN=CN(CN2CCCCC2)C1. The summed E-state index contributed by atoms with van der Waals surface area (Å²) in [7, 11) is 0. The van der Waals surface area contributed by atoms with Crippen molar-refractivity contribution in [2.45, 2.75) is 19.3 Å². The molecule has 2 aliphatic rings. The standard InChI is InChI=1S/C10H17N3/c1-2-6-12(7-3-1)10-13-8-4-5-11-9-13/h4-5,9H,1-3,6-8,10H2. The van der Waals surface area contributed by atoms with E-state index in [0.717, 1.165) is 13.2 Å². The Kier molecular flexibility index (Phi) is 2.98. The molecule has 3 nitrogen and oxygen atoms in total. The predicted octanol–water partition coefficient (Wildman–Crippen LogP) is 1.29. The van der Waals surface area contributed by atoms with E-state index in [0.29, 0.717) is 0 Å². The maximum absolute atomic E-state index is 4.12. The molecule has 0 aromatic heterocycles. The predicted molar refractivity (Wildman–Crippen MR) is 54.6 cm³/mol. The molecule has 0 saturated carbocycles. The highest BCUT2D eigenvalue weighted by Gasteiger charge is 2.12. The number of nitrogens with zero attached hydrogens (tertiary/aromatic N) is 3. The zero-order valence-corrected chi connectivity index (χ0v) is 8.02. The highest BCUT2D eigenvalue weighted by atomic mass is 15.3. The molecule has 0 aromatic carbocycles. The van der Waals surface area contributed by atoms with Gasteiger partial charge in [-0.25, -0.2) is 4.99 Å². The molecule has 2 heterocycles. The first-order valence-corrected chi connectivity index (χ1v) is 5.10. The van der Waals surface area contributed by atoms with Gasteiger partial charge in [-0.15, -0.1) is 0 Å². The number of hydrogen-bond donors (Lipinski definition) is 0. The lowest BCUT2D eigenvalue weighted by Crippen LogP contribution is -2.40. The van der Waals surface area contributed by atoms with E-state index in [2.05, 4.69) is 20.9 Å². The van der Waals surface area contributed by atoms with Gasteiger partial charge in [0.05, 0.1) is 13.0 Å². The van der Waals surface area contributed by atoms with Crippen LogP contribution < -0.4 is 0 Å². The number of rotatable bonds is 2. The van der Waals surface area contributed by atoms with E-state index in [-0.39, 0.29) is 0 Å². The Morgan fingerprint density at radius 2 is 2.00 bits per heavy atom. The summed E-state index contributed by atoms with van der Waals surface area (Å²) in [5, 5.41) is 0. The minimum absolute atomic E-state index is 1.01. The van der Waals surface area contributed by atoms with Crippen molar-refractivity contribution in [1.82, 2.24) is 9.80 Å². The van der Waals surface area contributed by atoms with Crippen molar-refractivity contribution < 1.29 is 0 Å². The summed E-state index contributed by atoms with van der Waals surface area (Å²) in [6, 6.07) is 0. The molecule has 0 aromatic rings. The molecule has 1 fully saturated rings. The molecule has 0 bridgehead atoms. The largest absolute Gasteiger partial charge is 0.346 e. The van der Waals surface area contributed by atoms with E-state index in [1.54, 1.807) is 0 Å². The van der Waals surface area contributed by atoms with Gasteiger partial charge in [-0.05, 0) is 32.0 Å². The van der Waals surface area contributed by atoms with E-state index >= 15 is 0 Å². The summed E-state index contributed by atoms with van der Waals surface area (Å²) in [5.41, 5.74) is 0. The Morgan fingerprint density at radius 3 is 2.69 bits per heavy atom. The summed E-state index contributed by atoms with van der Waals surface area (Å²) in [5.74, 6) is 0. The first-order chi connectivity index (χ1) is 6.45. The molecule has 2 rings (SSSR count).